The number of halogens is 12. The molecule has 43 heavy (non-hydrogen) atoms. The van der Waals surface area contributed by atoms with Crippen LogP contribution in [0.5, 0.6) is 0 Å². The first-order valence-electron chi connectivity index (χ1n) is 11.6. The Morgan fingerprint density at radius 3 is 1.02 bits per heavy atom. The predicted molar refractivity (Wildman–Crippen MR) is 163 cm³/mol. The van der Waals surface area contributed by atoms with Crippen molar-refractivity contribution in [2.45, 2.75) is 28.2 Å². The molecule has 0 saturated heterocycles. The molecule has 2 saturated carbocycles. The molecule has 0 spiro atoms. The highest BCUT2D eigenvalue weighted by Crippen LogP contribution is 2.77. The number of hydrogen-bond donors (Lipinski definition) is 2. The van der Waals surface area contributed by atoms with Gasteiger partial charge in [0.15, 0.2) is 8.67 Å². The third-order valence-electron chi connectivity index (χ3n) is 7.86. The minimum atomic E-state index is -2.30. The number of esters is 2. The summed E-state index contributed by atoms with van der Waals surface area (Å²) in [6.07, 6.45) is 0. The van der Waals surface area contributed by atoms with Crippen LogP contribution in [-0.2, 0) is 33.4 Å². The molecule has 4 rings (SSSR count). The molecular formula is C22H14Cl12O9. The zero-order valence-electron chi connectivity index (χ0n) is 20.4. The van der Waals surface area contributed by atoms with Gasteiger partial charge in [0, 0.05) is 0 Å². The number of alkyl halides is 8. The van der Waals surface area contributed by atoms with Crippen molar-refractivity contribution in [3.63, 3.8) is 0 Å². The molecule has 0 aromatic carbocycles. The van der Waals surface area contributed by atoms with Crippen molar-refractivity contribution < 1.29 is 43.6 Å². The summed E-state index contributed by atoms with van der Waals surface area (Å²) in [5, 5.41) is 18.0. The summed E-state index contributed by atoms with van der Waals surface area (Å²) in [4.78, 5) is 41.1. The van der Waals surface area contributed by atoms with Gasteiger partial charge in [-0.1, -0.05) is 92.8 Å². The molecule has 0 aliphatic heterocycles. The van der Waals surface area contributed by atoms with Gasteiger partial charge in [0.05, 0.1) is 57.0 Å². The van der Waals surface area contributed by atoms with Crippen LogP contribution in [0.4, 0.5) is 0 Å². The molecule has 0 heterocycles. The number of carbonyl (C=O) groups excluding carboxylic acids is 2. The monoisotopic (exact) mass is 842 g/mol. The number of fused-ring (bicyclic) bond motifs is 4. The Hall–Kier alpha value is 0.800. The Kier molecular flexibility index (Phi) is 10.0. The summed E-state index contributed by atoms with van der Waals surface area (Å²) in [5.41, 5.74) is 0. The largest absolute Gasteiger partial charge is 0.481 e. The normalized spacial score (nSPS) is 40.3. The van der Waals surface area contributed by atoms with Gasteiger partial charge in [0.2, 0.25) is 0 Å². The molecule has 0 radical (unpaired) electrons. The van der Waals surface area contributed by atoms with Crippen LogP contribution in [0.15, 0.2) is 20.1 Å². The molecule has 4 aliphatic carbocycles. The second-order valence-electron chi connectivity index (χ2n) is 9.79. The van der Waals surface area contributed by atoms with Gasteiger partial charge in [0.25, 0.3) is 0 Å². The lowest BCUT2D eigenvalue weighted by molar-refractivity contribution is -0.160. The fourth-order valence-electron chi connectivity index (χ4n) is 5.87. The van der Waals surface area contributed by atoms with Crippen molar-refractivity contribution >= 4 is 163 Å². The highest BCUT2D eigenvalue weighted by Gasteiger charge is 2.87. The van der Waals surface area contributed by atoms with Gasteiger partial charge < -0.3 is 24.4 Å². The number of carboxylic acid groups (broad SMARTS) is 2. The summed E-state index contributed by atoms with van der Waals surface area (Å²) >= 11 is 76.0. The van der Waals surface area contributed by atoms with Crippen LogP contribution in [0.3, 0.4) is 0 Å². The smallest absolute Gasteiger partial charge is 0.312 e. The Bertz CT molecular complexity index is 1270. The van der Waals surface area contributed by atoms with Crippen LogP contribution >= 0.6 is 139 Å². The maximum absolute atomic E-state index is 13.0. The van der Waals surface area contributed by atoms with Crippen LogP contribution in [0.1, 0.15) is 0 Å². The maximum atomic E-state index is 13.0. The fourth-order valence-corrected chi connectivity index (χ4v) is 11.7. The predicted octanol–water partition coefficient (Wildman–Crippen LogP) is 6.41. The topological polar surface area (TPSA) is 136 Å². The van der Waals surface area contributed by atoms with E-state index in [9.17, 15) is 29.4 Å². The van der Waals surface area contributed by atoms with E-state index >= 15 is 0 Å². The summed E-state index contributed by atoms with van der Waals surface area (Å²) < 4.78 is 10.9. The lowest BCUT2D eigenvalue weighted by Gasteiger charge is -2.32. The number of ether oxygens (including phenoxy) is 3. The minimum Gasteiger partial charge on any atom is -0.481 e. The van der Waals surface area contributed by atoms with Crippen LogP contribution in [0.2, 0.25) is 0 Å². The molecule has 4 bridgehead atoms. The molecule has 240 valence electrons. The van der Waals surface area contributed by atoms with Crippen molar-refractivity contribution in [1.29, 1.82) is 0 Å². The van der Waals surface area contributed by atoms with Crippen LogP contribution in [0, 0.1) is 23.7 Å². The highest BCUT2D eigenvalue weighted by atomic mass is 35.5. The summed E-state index contributed by atoms with van der Waals surface area (Å²) in [6, 6.07) is 0. The molecule has 0 aromatic rings. The Balaban J connectivity index is 1.33. The van der Waals surface area contributed by atoms with Gasteiger partial charge in [0.1, 0.15) is 32.7 Å². The molecule has 2 N–H and O–H groups in total. The Labute approximate surface area is 302 Å². The number of hydrogen-bond acceptors (Lipinski definition) is 7. The first kappa shape index (κ1) is 36.6. The number of carboxylic acids is 2. The van der Waals surface area contributed by atoms with E-state index in [4.69, 9.17) is 153 Å². The van der Waals surface area contributed by atoms with Crippen molar-refractivity contribution in [3.05, 3.63) is 20.1 Å². The van der Waals surface area contributed by atoms with Crippen LogP contribution < -0.4 is 0 Å². The molecule has 4 aliphatic rings. The van der Waals surface area contributed by atoms with E-state index in [1.807, 2.05) is 0 Å². The van der Waals surface area contributed by atoms with Crippen molar-refractivity contribution in [2.24, 2.45) is 23.7 Å². The number of rotatable bonds is 10. The molecule has 8 atom stereocenters. The lowest BCUT2D eigenvalue weighted by Crippen LogP contribution is -2.46. The number of aliphatic carboxylic acids is 2. The van der Waals surface area contributed by atoms with Gasteiger partial charge in [-0.25, -0.2) is 0 Å². The standard InChI is InChI=1S/C22H14Cl12O9/c23-9-11(25)19(29)7(5(13(35)36)17(9,27)21(19,31)32)15(39)42-3-1-41-2-4-43-16(40)8-6(14(37)38)18(28)10(24)12(26)20(8,30)22(18,33)34/h5-8H,1-4H2,(H,35,36)(H,37,38). The zero-order valence-corrected chi connectivity index (χ0v) is 29.5. The average molecular weight is 848 g/mol. The molecule has 0 aromatic heterocycles. The van der Waals surface area contributed by atoms with Crippen LogP contribution in [0.25, 0.3) is 0 Å². The van der Waals surface area contributed by atoms with Crippen LogP contribution in [-0.4, -0.2) is 88.7 Å². The third kappa shape index (κ3) is 4.43. The molecule has 9 nitrogen and oxygen atoms in total. The van der Waals surface area contributed by atoms with Gasteiger partial charge in [-0.2, -0.15) is 0 Å². The fraction of sp³-hybridized carbons (Fsp3) is 0.636. The first-order valence-corrected chi connectivity index (χ1v) is 16.1. The quantitative estimate of drug-likeness (QED) is 0.145. The van der Waals surface area contributed by atoms with Crippen molar-refractivity contribution in [1.82, 2.24) is 0 Å². The second-order valence-corrected chi connectivity index (χ2v) is 16.3. The van der Waals surface area contributed by atoms with E-state index in [1.165, 1.54) is 0 Å². The SMILES string of the molecule is O=C(O)C1C(C(=O)OCCOCCOC(=O)C2C(C(=O)O)C3(Cl)C(Cl)=C(Cl)C2(Cl)C3(Cl)Cl)C2(Cl)C(Cl)=C(Cl)C1(Cl)C2(Cl)Cl. The summed E-state index contributed by atoms with van der Waals surface area (Å²) in [7, 11) is 0. The maximum Gasteiger partial charge on any atom is 0.312 e. The first-order chi connectivity index (χ1) is 19.6. The molecule has 8 unspecified atom stereocenters. The number of allylic oxidation sites excluding steroid dienone is 4. The van der Waals surface area contributed by atoms with E-state index in [0.29, 0.717) is 0 Å². The van der Waals surface area contributed by atoms with E-state index in [2.05, 4.69) is 0 Å². The molecular weight excluding hydrogens is 834 g/mol. The van der Waals surface area contributed by atoms with Crippen molar-refractivity contribution in [3.8, 4) is 0 Å². The van der Waals surface area contributed by atoms with E-state index in [1.54, 1.807) is 0 Å². The minimum absolute atomic E-state index is 0.283. The Morgan fingerprint density at radius 1 is 0.512 bits per heavy atom. The number of carbonyl (C=O) groups is 4. The van der Waals surface area contributed by atoms with Gasteiger partial charge >= 0.3 is 23.9 Å². The average Bonchev–Trinajstić information content (AvgIpc) is 3.25. The Morgan fingerprint density at radius 2 is 0.767 bits per heavy atom. The lowest BCUT2D eigenvalue weighted by atomic mass is 9.82. The van der Waals surface area contributed by atoms with E-state index in [-0.39, 0.29) is 13.2 Å². The molecule has 21 heteroatoms. The van der Waals surface area contributed by atoms with Gasteiger partial charge in [-0.05, 0) is 0 Å². The van der Waals surface area contributed by atoms with Gasteiger partial charge in [-0.15, -0.1) is 46.4 Å². The summed E-state index contributed by atoms with van der Waals surface area (Å²) in [5.74, 6) is -12.6. The summed E-state index contributed by atoms with van der Waals surface area (Å²) in [6.45, 7) is -1.44. The third-order valence-corrected chi connectivity index (χ3v) is 16.4. The zero-order chi connectivity index (χ0) is 32.9. The highest BCUT2D eigenvalue weighted by molar-refractivity contribution is 6.67. The van der Waals surface area contributed by atoms with E-state index in [0.717, 1.165) is 0 Å². The van der Waals surface area contributed by atoms with Crippen molar-refractivity contribution in [2.75, 3.05) is 26.4 Å². The molecule has 2 fully saturated rings. The second kappa shape index (κ2) is 11.7. The van der Waals surface area contributed by atoms with E-state index < -0.39 is 109 Å². The van der Waals surface area contributed by atoms with Gasteiger partial charge in [-0.3, -0.25) is 19.2 Å². The molecule has 0 amide bonds.